The number of carbonyl (C=O) groups excluding carboxylic acids is 2. The summed E-state index contributed by atoms with van der Waals surface area (Å²) in [4.78, 5) is 41.4. The van der Waals surface area contributed by atoms with Crippen LogP contribution in [-0.2, 0) is 11.2 Å². The molecule has 0 radical (unpaired) electrons. The Balaban J connectivity index is 1.35. The molecule has 9 heteroatoms. The van der Waals surface area contributed by atoms with Gasteiger partial charge in [0.25, 0.3) is 5.91 Å². The van der Waals surface area contributed by atoms with Crippen molar-refractivity contribution in [2.75, 3.05) is 32.8 Å². The van der Waals surface area contributed by atoms with Gasteiger partial charge in [-0.25, -0.2) is 9.97 Å². The molecule has 0 atom stereocenters. The Labute approximate surface area is 184 Å². The molecule has 8 nitrogen and oxygen atoms in total. The lowest BCUT2D eigenvalue weighted by atomic mass is 10.2. The first-order valence-corrected chi connectivity index (χ1v) is 11.0. The van der Waals surface area contributed by atoms with E-state index in [4.69, 9.17) is 4.74 Å². The molecule has 1 aliphatic rings. The third kappa shape index (κ3) is 4.88. The first-order valence-electron chi connectivity index (χ1n) is 10.2. The van der Waals surface area contributed by atoms with Crippen LogP contribution in [0.5, 0.6) is 5.75 Å². The van der Waals surface area contributed by atoms with Gasteiger partial charge < -0.3 is 14.5 Å². The maximum Gasteiger partial charge on any atom is 0.274 e. The molecule has 31 heavy (non-hydrogen) atoms. The molecule has 160 valence electrons. The van der Waals surface area contributed by atoms with E-state index >= 15 is 0 Å². The fraction of sp³-hybridized carbons (Fsp3) is 0.318. The minimum absolute atomic E-state index is 0.0153. The number of aromatic nitrogens is 3. The van der Waals surface area contributed by atoms with E-state index in [2.05, 4.69) is 15.0 Å². The third-order valence-corrected chi connectivity index (χ3v) is 5.93. The average Bonchev–Trinajstić information content (AvgIpc) is 3.28. The van der Waals surface area contributed by atoms with E-state index in [-0.39, 0.29) is 18.2 Å². The summed E-state index contributed by atoms with van der Waals surface area (Å²) in [7, 11) is 0. The van der Waals surface area contributed by atoms with Crippen molar-refractivity contribution in [2.45, 2.75) is 13.3 Å². The van der Waals surface area contributed by atoms with Crippen molar-refractivity contribution in [2.24, 2.45) is 0 Å². The maximum atomic E-state index is 12.8. The van der Waals surface area contributed by atoms with Crippen molar-refractivity contribution in [3.63, 3.8) is 0 Å². The van der Waals surface area contributed by atoms with Gasteiger partial charge >= 0.3 is 0 Å². The minimum atomic E-state index is -0.155. The summed E-state index contributed by atoms with van der Waals surface area (Å²) in [5.74, 6) is 0.653. The minimum Gasteiger partial charge on any atom is -0.493 e. The van der Waals surface area contributed by atoms with Gasteiger partial charge in [0.1, 0.15) is 16.5 Å². The summed E-state index contributed by atoms with van der Waals surface area (Å²) < 4.78 is 5.69. The molecule has 0 bridgehead atoms. The molecule has 2 aromatic heterocycles. The molecule has 0 N–H and O–H groups in total. The van der Waals surface area contributed by atoms with Gasteiger partial charge in [0.2, 0.25) is 5.91 Å². The summed E-state index contributed by atoms with van der Waals surface area (Å²) in [5.41, 5.74) is 2.00. The number of hydrogen-bond acceptors (Lipinski definition) is 7. The lowest BCUT2D eigenvalue weighted by Gasteiger charge is -2.34. The second-order valence-corrected chi connectivity index (χ2v) is 7.87. The van der Waals surface area contributed by atoms with E-state index in [9.17, 15) is 9.59 Å². The van der Waals surface area contributed by atoms with Crippen LogP contribution in [0.1, 0.15) is 23.1 Å². The molecule has 0 saturated carbocycles. The first-order chi connectivity index (χ1) is 15.2. The molecular formula is C22H23N5O3S. The summed E-state index contributed by atoms with van der Waals surface area (Å²) in [6.07, 6.45) is 4.74. The van der Waals surface area contributed by atoms with Gasteiger partial charge in [0.15, 0.2) is 0 Å². The van der Waals surface area contributed by atoms with Gasteiger partial charge in [-0.1, -0.05) is 12.1 Å². The fourth-order valence-corrected chi connectivity index (χ4v) is 4.28. The monoisotopic (exact) mass is 437 g/mol. The van der Waals surface area contributed by atoms with E-state index in [1.54, 1.807) is 9.80 Å². The van der Waals surface area contributed by atoms with Crippen molar-refractivity contribution in [1.29, 1.82) is 0 Å². The standard InChI is InChI=1S/C22H23N5O3S/c1-2-30-19-6-4-3-5-17(19)21-25-16(15-31-21)13-20(28)26-9-11-27(12-10-26)22(29)18-14-23-7-8-24-18/h3-8,14-15H,2,9-13H2,1H3. The predicted molar refractivity (Wildman–Crippen MR) is 117 cm³/mol. The molecule has 0 spiro atoms. The molecule has 0 unspecified atom stereocenters. The van der Waals surface area contributed by atoms with Crippen LogP contribution in [0.15, 0.2) is 48.2 Å². The van der Waals surface area contributed by atoms with Gasteiger partial charge in [0.05, 0.1) is 30.5 Å². The predicted octanol–water partition coefficient (Wildman–Crippen LogP) is 2.53. The largest absolute Gasteiger partial charge is 0.493 e. The topological polar surface area (TPSA) is 88.5 Å². The number of carbonyl (C=O) groups is 2. The molecule has 1 saturated heterocycles. The number of nitrogens with zero attached hydrogens (tertiary/aromatic N) is 5. The van der Waals surface area contributed by atoms with Crippen molar-refractivity contribution >= 4 is 23.2 Å². The summed E-state index contributed by atoms with van der Waals surface area (Å²) in [6.45, 7) is 4.47. The second kappa shape index (κ2) is 9.65. The molecule has 2 amide bonds. The van der Waals surface area contributed by atoms with Crippen molar-refractivity contribution in [3.05, 3.63) is 59.6 Å². The van der Waals surface area contributed by atoms with Crippen LogP contribution in [0.2, 0.25) is 0 Å². The highest BCUT2D eigenvalue weighted by Gasteiger charge is 2.26. The molecule has 1 aliphatic heterocycles. The Bertz CT molecular complexity index is 1050. The average molecular weight is 438 g/mol. The van der Waals surface area contributed by atoms with Gasteiger partial charge in [-0.3, -0.25) is 14.6 Å². The highest BCUT2D eigenvalue weighted by atomic mass is 32.1. The number of piperazine rings is 1. The normalized spacial score (nSPS) is 13.8. The van der Waals surface area contributed by atoms with Crippen LogP contribution in [-0.4, -0.2) is 69.4 Å². The Morgan fingerprint density at radius 1 is 1.10 bits per heavy atom. The number of para-hydroxylation sites is 1. The third-order valence-electron chi connectivity index (χ3n) is 5.00. The molecule has 4 rings (SSSR count). The highest BCUT2D eigenvalue weighted by Crippen LogP contribution is 2.32. The quantitative estimate of drug-likeness (QED) is 0.589. The van der Waals surface area contributed by atoms with Crippen LogP contribution >= 0.6 is 11.3 Å². The summed E-state index contributed by atoms with van der Waals surface area (Å²) in [5, 5.41) is 2.76. The first kappa shape index (κ1) is 20.9. The van der Waals surface area contributed by atoms with E-state index in [0.717, 1.165) is 22.0 Å². The number of benzene rings is 1. The maximum absolute atomic E-state index is 12.8. The van der Waals surface area contributed by atoms with Gasteiger partial charge in [-0.15, -0.1) is 11.3 Å². The Kier molecular flexibility index (Phi) is 6.51. The van der Waals surface area contributed by atoms with E-state index in [0.29, 0.717) is 38.5 Å². The number of ether oxygens (including phenoxy) is 1. The zero-order valence-corrected chi connectivity index (χ0v) is 18.0. The SMILES string of the molecule is CCOc1ccccc1-c1nc(CC(=O)N2CCN(C(=O)c3cnccn3)CC2)cs1. The molecule has 3 heterocycles. The van der Waals surface area contributed by atoms with Crippen molar-refractivity contribution in [1.82, 2.24) is 24.8 Å². The lowest BCUT2D eigenvalue weighted by Crippen LogP contribution is -2.51. The highest BCUT2D eigenvalue weighted by molar-refractivity contribution is 7.13. The molecule has 1 aromatic carbocycles. The smallest absolute Gasteiger partial charge is 0.274 e. The molecule has 0 aliphatic carbocycles. The Morgan fingerprint density at radius 3 is 2.61 bits per heavy atom. The fourth-order valence-electron chi connectivity index (χ4n) is 3.43. The van der Waals surface area contributed by atoms with Crippen LogP contribution in [0.4, 0.5) is 0 Å². The van der Waals surface area contributed by atoms with Crippen molar-refractivity contribution < 1.29 is 14.3 Å². The zero-order valence-electron chi connectivity index (χ0n) is 17.2. The number of hydrogen-bond donors (Lipinski definition) is 0. The van der Waals surface area contributed by atoms with Crippen LogP contribution in [0, 0.1) is 0 Å². The van der Waals surface area contributed by atoms with E-state index in [1.807, 2.05) is 36.6 Å². The van der Waals surface area contributed by atoms with E-state index < -0.39 is 0 Å². The number of rotatable bonds is 6. The number of amides is 2. The lowest BCUT2D eigenvalue weighted by molar-refractivity contribution is -0.132. The Morgan fingerprint density at radius 2 is 1.87 bits per heavy atom. The zero-order chi connectivity index (χ0) is 21.6. The Hall–Kier alpha value is -3.33. The van der Waals surface area contributed by atoms with Crippen LogP contribution in [0.3, 0.4) is 0 Å². The second-order valence-electron chi connectivity index (χ2n) is 7.01. The van der Waals surface area contributed by atoms with E-state index in [1.165, 1.54) is 29.9 Å². The molecule has 1 fully saturated rings. The van der Waals surface area contributed by atoms with Crippen LogP contribution < -0.4 is 4.74 Å². The van der Waals surface area contributed by atoms with Crippen molar-refractivity contribution in [3.8, 4) is 16.3 Å². The molecule has 3 aromatic rings. The van der Waals surface area contributed by atoms with Crippen LogP contribution in [0.25, 0.3) is 10.6 Å². The van der Waals surface area contributed by atoms with Gasteiger partial charge in [-0.2, -0.15) is 0 Å². The molecular weight excluding hydrogens is 414 g/mol. The van der Waals surface area contributed by atoms with Gasteiger partial charge in [0, 0.05) is 44.0 Å². The van der Waals surface area contributed by atoms with Gasteiger partial charge in [-0.05, 0) is 19.1 Å². The summed E-state index contributed by atoms with van der Waals surface area (Å²) in [6, 6.07) is 7.78. The summed E-state index contributed by atoms with van der Waals surface area (Å²) >= 11 is 1.51. The number of thiazole rings is 1.